The Morgan fingerprint density at radius 1 is 1.13 bits per heavy atom. The molecule has 5 nitrogen and oxygen atoms in total. The van der Waals surface area contributed by atoms with Crippen LogP contribution in [-0.2, 0) is 0 Å². The van der Waals surface area contributed by atoms with Crippen LogP contribution in [0.15, 0.2) is 42.5 Å². The Morgan fingerprint density at radius 3 is 2.50 bits per heavy atom. The van der Waals surface area contributed by atoms with Gasteiger partial charge in [-0.15, -0.1) is 0 Å². The van der Waals surface area contributed by atoms with Gasteiger partial charge < -0.3 is 19.9 Å². The van der Waals surface area contributed by atoms with Crippen molar-refractivity contribution < 1.29 is 22.7 Å². The van der Waals surface area contributed by atoms with Gasteiger partial charge in [0, 0.05) is 37.4 Å². The highest BCUT2D eigenvalue weighted by molar-refractivity contribution is 5.97. The molecule has 1 fully saturated rings. The van der Waals surface area contributed by atoms with Crippen LogP contribution in [0.2, 0.25) is 0 Å². The molecule has 8 heteroatoms. The van der Waals surface area contributed by atoms with Crippen LogP contribution in [0, 0.1) is 5.82 Å². The van der Waals surface area contributed by atoms with Crippen molar-refractivity contribution in [2.24, 2.45) is 0 Å². The molecule has 1 heterocycles. The predicted molar refractivity (Wildman–Crippen MR) is 110 cm³/mol. The van der Waals surface area contributed by atoms with Crippen molar-refractivity contribution in [3.63, 3.8) is 0 Å². The van der Waals surface area contributed by atoms with E-state index in [1.807, 2.05) is 0 Å². The monoisotopic (exact) mass is 421 g/mol. The van der Waals surface area contributed by atoms with E-state index in [0.717, 1.165) is 38.4 Å². The normalized spacial score (nSPS) is 15.9. The Bertz CT molecular complexity index is 870. The van der Waals surface area contributed by atoms with Gasteiger partial charge in [0.05, 0.1) is 11.6 Å². The number of anilines is 1. The molecule has 0 saturated carbocycles. The molecule has 1 N–H and O–H groups in total. The highest BCUT2D eigenvalue weighted by Crippen LogP contribution is 2.29. The van der Waals surface area contributed by atoms with Crippen molar-refractivity contribution in [2.75, 3.05) is 37.6 Å². The van der Waals surface area contributed by atoms with Crippen molar-refractivity contribution in [1.29, 1.82) is 0 Å². The van der Waals surface area contributed by atoms with Crippen LogP contribution in [0.1, 0.15) is 35.8 Å². The summed E-state index contributed by atoms with van der Waals surface area (Å²) in [5.74, 6) is -1.17. The molecule has 3 rings (SSSR count). The van der Waals surface area contributed by atoms with Crippen LogP contribution in [0.3, 0.4) is 0 Å². The average molecular weight is 421 g/mol. The lowest BCUT2D eigenvalue weighted by Crippen LogP contribution is -2.46. The van der Waals surface area contributed by atoms with Crippen molar-refractivity contribution >= 4 is 11.6 Å². The fourth-order valence-corrected chi connectivity index (χ4v) is 3.67. The number of benzene rings is 2. The maximum Gasteiger partial charge on any atom is 0.387 e. The number of hydrogen-bond acceptors (Lipinski definition) is 4. The molecule has 0 aromatic heterocycles. The van der Waals surface area contributed by atoms with Gasteiger partial charge in [0.2, 0.25) is 0 Å². The summed E-state index contributed by atoms with van der Waals surface area (Å²) in [6, 6.07) is 9.81. The fraction of sp³-hybridized carbons (Fsp3) is 0.409. The van der Waals surface area contributed by atoms with Crippen molar-refractivity contribution in [3.8, 4) is 5.75 Å². The van der Waals surface area contributed by atoms with E-state index in [4.69, 9.17) is 0 Å². The smallest absolute Gasteiger partial charge is 0.387 e. The summed E-state index contributed by atoms with van der Waals surface area (Å²) in [5.41, 5.74) is 1.50. The van der Waals surface area contributed by atoms with E-state index in [-0.39, 0.29) is 11.3 Å². The van der Waals surface area contributed by atoms with Crippen LogP contribution < -0.4 is 15.0 Å². The number of hydrogen-bond donors (Lipinski definition) is 1. The molecule has 162 valence electrons. The van der Waals surface area contributed by atoms with Crippen molar-refractivity contribution in [1.82, 2.24) is 10.2 Å². The zero-order chi connectivity index (χ0) is 21.7. The molecule has 1 unspecified atom stereocenters. The highest BCUT2D eigenvalue weighted by Gasteiger charge is 2.23. The Kier molecular flexibility index (Phi) is 7.20. The minimum atomic E-state index is -3.03. The molecule has 1 amide bonds. The SMILES string of the molecule is CCN1CCN(c2ccc(F)cc2C(C)NC(=O)c2ccccc2OC(F)F)CC1. The number of nitrogens with zero attached hydrogens (tertiary/aromatic N) is 2. The maximum atomic E-state index is 14.0. The number of piperazine rings is 1. The van der Waals surface area contributed by atoms with Gasteiger partial charge in [-0.25, -0.2) is 4.39 Å². The Hall–Kier alpha value is -2.74. The number of para-hydroxylation sites is 1. The predicted octanol–water partition coefficient (Wildman–Crippen LogP) is 4.06. The lowest BCUT2D eigenvalue weighted by molar-refractivity contribution is -0.0501. The Morgan fingerprint density at radius 2 is 1.83 bits per heavy atom. The molecule has 1 aliphatic heterocycles. The van der Waals surface area contributed by atoms with Gasteiger partial charge in [-0.3, -0.25) is 4.79 Å². The summed E-state index contributed by atoms with van der Waals surface area (Å²) < 4.78 is 43.7. The third kappa shape index (κ3) is 5.24. The number of rotatable bonds is 7. The molecule has 2 aromatic rings. The van der Waals surface area contributed by atoms with Gasteiger partial charge in [0.25, 0.3) is 5.91 Å². The third-order valence-corrected chi connectivity index (χ3v) is 5.31. The minimum absolute atomic E-state index is 0.000775. The van der Waals surface area contributed by atoms with Crippen LogP contribution in [-0.4, -0.2) is 50.1 Å². The number of amides is 1. The number of ether oxygens (including phenoxy) is 1. The number of halogens is 3. The maximum absolute atomic E-state index is 14.0. The summed E-state index contributed by atoms with van der Waals surface area (Å²) in [5, 5.41) is 2.79. The van der Waals surface area contributed by atoms with E-state index in [9.17, 15) is 18.0 Å². The van der Waals surface area contributed by atoms with Crippen molar-refractivity contribution in [3.05, 3.63) is 59.4 Å². The van der Waals surface area contributed by atoms with Crippen LogP contribution in [0.25, 0.3) is 0 Å². The van der Waals surface area contributed by atoms with E-state index >= 15 is 0 Å². The third-order valence-electron chi connectivity index (χ3n) is 5.31. The second kappa shape index (κ2) is 9.84. The fourth-order valence-electron chi connectivity index (χ4n) is 3.67. The molecule has 0 spiro atoms. The minimum Gasteiger partial charge on any atom is -0.434 e. The molecule has 0 radical (unpaired) electrons. The molecule has 1 aliphatic rings. The first-order valence-electron chi connectivity index (χ1n) is 10.0. The van der Waals surface area contributed by atoms with Gasteiger partial charge >= 0.3 is 6.61 Å². The molecule has 0 aliphatic carbocycles. The molecular weight excluding hydrogens is 395 g/mol. The van der Waals surface area contributed by atoms with Crippen LogP contribution >= 0.6 is 0 Å². The number of nitrogens with one attached hydrogen (secondary N) is 1. The van der Waals surface area contributed by atoms with Crippen LogP contribution in [0.5, 0.6) is 5.75 Å². The quantitative estimate of drug-likeness (QED) is 0.732. The molecule has 30 heavy (non-hydrogen) atoms. The Balaban J connectivity index is 1.80. The summed E-state index contributed by atoms with van der Waals surface area (Å²) in [7, 11) is 0. The molecule has 1 saturated heterocycles. The molecular formula is C22H26F3N3O2. The average Bonchev–Trinajstić information content (AvgIpc) is 2.73. The number of carbonyl (C=O) groups excluding carboxylic acids is 1. The lowest BCUT2D eigenvalue weighted by atomic mass is 10.0. The second-order valence-electron chi connectivity index (χ2n) is 7.19. The van der Waals surface area contributed by atoms with E-state index in [1.165, 1.54) is 30.3 Å². The van der Waals surface area contributed by atoms with E-state index in [0.29, 0.717) is 5.56 Å². The first-order chi connectivity index (χ1) is 14.4. The zero-order valence-electron chi connectivity index (χ0n) is 17.1. The standard InChI is InChI=1S/C22H26F3N3O2/c1-3-27-10-12-28(13-11-27)19-9-8-16(23)14-18(19)15(2)26-21(29)17-6-4-5-7-20(17)30-22(24)25/h4-9,14-15,22H,3,10-13H2,1-2H3,(H,26,29). The molecule has 0 bridgehead atoms. The van der Waals surface area contributed by atoms with Crippen molar-refractivity contribution in [2.45, 2.75) is 26.5 Å². The summed E-state index contributed by atoms with van der Waals surface area (Å²) in [6.07, 6.45) is 0. The van der Waals surface area contributed by atoms with E-state index in [1.54, 1.807) is 19.1 Å². The molecule has 1 atom stereocenters. The Labute approximate surface area is 174 Å². The first kappa shape index (κ1) is 22.0. The van der Waals surface area contributed by atoms with Gasteiger partial charge in [0.15, 0.2) is 0 Å². The second-order valence-corrected chi connectivity index (χ2v) is 7.19. The van der Waals surface area contributed by atoms with Gasteiger partial charge in [0.1, 0.15) is 11.6 Å². The van der Waals surface area contributed by atoms with E-state index < -0.39 is 24.4 Å². The number of carbonyl (C=O) groups is 1. The topological polar surface area (TPSA) is 44.8 Å². The number of alkyl halides is 2. The summed E-state index contributed by atoms with van der Waals surface area (Å²) >= 11 is 0. The molecule has 2 aromatic carbocycles. The van der Waals surface area contributed by atoms with E-state index in [2.05, 4.69) is 26.8 Å². The summed E-state index contributed by atoms with van der Waals surface area (Å²) in [6.45, 7) is 5.24. The van der Waals surface area contributed by atoms with Gasteiger partial charge in [-0.05, 0) is 43.8 Å². The number of likely N-dealkylation sites (N-methyl/N-ethyl adjacent to an activating group) is 1. The largest absolute Gasteiger partial charge is 0.434 e. The lowest BCUT2D eigenvalue weighted by Gasteiger charge is -2.37. The first-order valence-corrected chi connectivity index (χ1v) is 10.0. The highest BCUT2D eigenvalue weighted by atomic mass is 19.3. The van der Waals surface area contributed by atoms with Gasteiger partial charge in [-0.1, -0.05) is 19.1 Å². The zero-order valence-corrected chi connectivity index (χ0v) is 17.1. The van der Waals surface area contributed by atoms with Gasteiger partial charge in [-0.2, -0.15) is 8.78 Å². The van der Waals surface area contributed by atoms with Crippen LogP contribution in [0.4, 0.5) is 18.9 Å². The summed E-state index contributed by atoms with van der Waals surface area (Å²) in [4.78, 5) is 17.3.